The molecule has 1 atom stereocenters. The quantitative estimate of drug-likeness (QED) is 0.659. The van der Waals surface area contributed by atoms with Crippen LogP contribution in [0.5, 0.6) is 0 Å². The van der Waals surface area contributed by atoms with Crippen LogP contribution in [0.3, 0.4) is 0 Å². The van der Waals surface area contributed by atoms with E-state index in [0.717, 1.165) is 11.8 Å². The second-order valence-corrected chi connectivity index (χ2v) is 3.76. The molecule has 0 aromatic carbocycles. The van der Waals surface area contributed by atoms with Crippen molar-refractivity contribution in [3.63, 3.8) is 0 Å². The van der Waals surface area contributed by atoms with Crippen molar-refractivity contribution in [1.82, 2.24) is 4.98 Å². The van der Waals surface area contributed by atoms with E-state index in [4.69, 9.17) is 0 Å². The third-order valence-corrected chi connectivity index (χ3v) is 2.63. The molecule has 0 radical (unpaired) electrons. The minimum Gasteiger partial charge on any atom is -0.360 e. The smallest absolute Gasteiger partial charge is 0.0636 e. The lowest BCUT2D eigenvalue weighted by Crippen LogP contribution is -2.24. The molecule has 0 spiro atoms. The zero-order valence-electron chi connectivity index (χ0n) is 8.04. The Labute approximate surface area is 77.7 Å². The van der Waals surface area contributed by atoms with E-state index in [2.05, 4.69) is 36.0 Å². The number of nitrogens with one attached hydrogen (secondary N) is 1. The van der Waals surface area contributed by atoms with Gasteiger partial charge in [0.1, 0.15) is 0 Å². The summed E-state index contributed by atoms with van der Waals surface area (Å²) in [5, 5.41) is 2.36. The van der Waals surface area contributed by atoms with Gasteiger partial charge in [-0.2, -0.15) is 0 Å². The number of nitrogens with zero attached hydrogens (tertiary/aromatic N) is 1. The molecular formula is C11H14N2. The van der Waals surface area contributed by atoms with Crippen LogP contribution in [-0.4, -0.2) is 11.2 Å². The number of hydrogen-bond acceptors (Lipinski definition) is 1. The van der Waals surface area contributed by atoms with Crippen molar-refractivity contribution in [2.24, 2.45) is 10.4 Å². The lowest BCUT2D eigenvalue weighted by molar-refractivity contribution is 0.624. The van der Waals surface area contributed by atoms with Crippen LogP contribution in [0.4, 0.5) is 0 Å². The van der Waals surface area contributed by atoms with Crippen molar-refractivity contribution in [2.45, 2.75) is 20.3 Å². The molecule has 1 N–H and O–H groups in total. The number of fused-ring (bicyclic) bond motifs is 1. The van der Waals surface area contributed by atoms with Crippen LogP contribution in [0, 0.1) is 5.41 Å². The first-order valence-corrected chi connectivity index (χ1v) is 4.64. The molecule has 1 aliphatic heterocycles. The van der Waals surface area contributed by atoms with Gasteiger partial charge in [-0.3, -0.25) is 4.99 Å². The summed E-state index contributed by atoms with van der Waals surface area (Å²) in [6, 6.07) is 2.09. The fourth-order valence-corrected chi connectivity index (χ4v) is 1.50. The Morgan fingerprint density at radius 2 is 2.38 bits per heavy atom. The molecule has 0 fully saturated rings. The highest BCUT2D eigenvalue weighted by Gasteiger charge is 2.16. The summed E-state index contributed by atoms with van der Waals surface area (Å²) in [7, 11) is 0. The lowest BCUT2D eigenvalue weighted by Gasteiger charge is -2.16. The van der Waals surface area contributed by atoms with Crippen LogP contribution in [0.25, 0.3) is 12.3 Å². The Morgan fingerprint density at radius 1 is 1.54 bits per heavy atom. The predicted octanol–water partition coefficient (Wildman–Crippen LogP) is 1.03. The Hall–Kier alpha value is -1.31. The van der Waals surface area contributed by atoms with Gasteiger partial charge in [0.05, 0.1) is 11.5 Å². The first-order valence-electron chi connectivity index (χ1n) is 4.64. The van der Waals surface area contributed by atoms with E-state index in [1.165, 1.54) is 5.22 Å². The third-order valence-electron chi connectivity index (χ3n) is 2.63. The topological polar surface area (TPSA) is 28.1 Å². The zero-order chi connectivity index (χ0) is 9.31. The van der Waals surface area contributed by atoms with E-state index in [0.29, 0.717) is 0 Å². The molecule has 0 saturated heterocycles. The summed E-state index contributed by atoms with van der Waals surface area (Å²) >= 11 is 0. The number of hydrogen-bond donors (Lipinski definition) is 1. The molecule has 0 aliphatic carbocycles. The SMILES string of the molecule is CCC1(C)C=NC=c2[nH]ccc2=C1. The van der Waals surface area contributed by atoms with Gasteiger partial charge in [-0.1, -0.05) is 19.9 Å². The summed E-state index contributed by atoms with van der Waals surface area (Å²) in [5.41, 5.74) is 0.101. The molecule has 0 amide bonds. The van der Waals surface area contributed by atoms with Crippen molar-refractivity contribution >= 4 is 18.5 Å². The average molecular weight is 174 g/mol. The van der Waals surface area contributed by atoms with E-state index in [1.807, 2.05) is 18.6 Å². The van der Waals surface area contributed by atoms with Gasteiger partial charge in [0.2, 0.25) is 0 Å². The Kier molecular flexibility index (Phi) is 1.83. The molecular weight excluding hydrogens is 160 g/mol. The maximum atomic E-state index is 4.30. The summed E-state index contributed by atoms with van der Waals surface area (Å²) < 4.78 is 0. The number of H-pyrrole nitrogens is 1. The van der Waals surface area contributed by atoms with Gasteiger partial charge in [-0.05, 0) is 17.7 Å². The van der Waals surface area contributed by atoms with Crippen LogP contribution in [0.15, 0.2) is 17.3 Å². The maximum Gasteiger partial charge on any atom is 0.0636 e. The molecule has 0 bridgehead atoms. The van der Waals surface area contributed by atoms with Crippen molar-refractivity contribution in [2.75, 3.05) is 0 Å². The first-order chi connectivity index (χ1) is 6.23. The highest BCUT2D eigenvalue weighted by molar-refractivity contribution is 5.77. The molecule has 13 heavy (non-hydrogen) atoms. The Morgan fingerprint density at radius 3 is 3.15 bits per heavy atom. The highest BCUT2D eigenvalue weighted by atomic mass is 14.7. The second kappa shape index (κ2) is 2.87. The second-order valence-electron chi connectivity index (χ2n) is 3.76. The van der Waals surface area contributed by atoms with Crippen molar-refractivity contribution < 1.29 is 0 Å². The summed E-state index contributed by atoms with van der Waals surface area (Å²) in [4.78, 5) is 7.45. The Balaban J connectivity index is 2.66. The summed E-state index contributed by atoms with van der Waals surface area (Å²) in [6.07, 6.45) is 9.20. The predicted molar refractivity (Wildman–Crippen MR) is 55.9 cm³/mol. The third kappa shape index (κ3) is 1.44. The molecule has 1 unspecified atom stereocenters. The molecule has 2 heterocycles. The van der Waals surface area contributed by atoms with Crippen LogP contribution >= 0.6 is 0 Å². The molecule has 2 nitrogen and oxygen atoms in total. The average Bonchev–Trinajstić information content (AvgIpc) is 2.47. The van der Waals surface area contributed by atoms with Crippen molar-refractivity contribution in [3.05, 3.63) is 22.8 Å². The van der Waals surface area contributed by atoms with Gasteiger partial charge in [0.15, 0.2) is 0 Å². The Bertz CT molecular complexity index is 439. The van der Waals surface area contributed by atoms with Crippen LogP contribution in [0.1, 0.15) is 20.3 Å². The van der Waals surface area contributed by atoms with E-state index >= 15 is 0 Å². The lowest BCUT2D eigenvalue weighted by atomic mass is 9.88. The van der Waals surface area contributed by atoms with E-state index in [1.54, 1.807) is 0 Å². The molecule has 1 aromatic rings. The van der Waals surface area contributed by atoms with Gasteiger partial charge >= 0.3 is 0 Å². The fraction of sp³-hybridized carbons (Fsp3) is 0.364. The minimum absolute atomic E-state index is 0.101. The van der Waals surface area contributed by atoms with E-state index < -0.39 is 0 Å². The van der Waals surface area contributed by atoms with Gasteiger partial charge < -0.3 is 4.98 Å². The largest absolute Gasteiger partial charge is 0.360 e. The van der Waals surface area contributed by atoms with E-state index in [9.17, 15) is 0 Å². The number of rotatable bonds is 1. The van der Waals surface area contributed by atoms with Crippen LogP contribution in [0.2, 0.25) is 0 Å². The van der Waals surface area contributed by atoms with Crippen molar-refractivity contribution in [3.8, 4) is 0 Å². The summed E-state index contributed by atoms with van der Waals surface area (Å²) in [6.45, 7) is 4.38. The van der Waals surface area contributed by atoms with Crippen LogP contribution in [-0.2, 0) is 0 Å². The standard InChI is InChI=1S/C11H14N2/c1-3-11(2)6-9-4-5-13-10(9)7-12-8-11/h4-8,13H,3H2,1-2H3. The number of aromatic nitrogens is 1. The van der Waals surface area contributed by atoms with Gasteiger partial charge in [0, 0.05) is 17.8 Å². The zero-order valence-corrected chi connectivity index (χ0v) is 8.04. The minimum atomic E-state index is 0.101. The molecule has 0 saturated carbocycles. The van der Waals surface area contributed by atoms with Gasteiger partial charge in [-0.25, -0.2) is 0 Å². The fourth-order valence-electron chi connectivity index (χ4n) is 1.50. The molecule has 1 aromatic heterocycles. The normalized spacial score (nSPS) is 25.7. The maximum absolute atomic E-state index is 4.30. The van der Waals surface area contributed by atoms with Gasteiger partial charge in [-0.15, -0.1) is 0 Å². The van der Waals surface area contributed by atoms with E-state index in [-0.39, 0.29) is 5.41 Å². The van der Waals surface area contributed by atoms with Gasteiger partial charge in [0.25, 0.3) is 0 Å². The molecule has 68 valence electrons. The first kappa shape index (κ1) is 8.30. The number of aliphatic imine (C=N–C) groups is 1. The molecule has 1 aliphatic rings. The molecule has 2 heteroatoms. The summed E-state index contributed by atoms with van der Waals surface area (Å²) in [5.74, 6) is 0. The monoisotopic (exact) mass is 174 g/mol. The molecule has 2 rings (SSSR count). The highest BCUT2D eigenvalue weighted by Crippen LogP contribution is 2.20. The van der Waals surface area contributed by atoms with Crippen molar-refractivity contribution in [1.29, 1.82) is 0 Å². The van der Waals surface area contributed by atoms with Crippen LogP contribution < -0.4 is 10.6 Å². The number of aromatic amines is 1.